The van der Waals surface area contributed by atoms with Crippen LogP contribution in [-0.2, 0) is 21.2 Å². The highest BCUT2D eigenvalue weighted by atomic mass is 32.2. The summed E-state index contributed by atoms with van der Waals surface area (Å²) in [6, 6.07) is 7.79. The van der Waals surface area contributed by atoms with Crippen LogP contribution >= 0.6 is 0 Å². The molecule has 2 aromatic rings. The van der Waals surface area contributed by atoms with Gasteiger partial charge in [-0.1, -0.05) is 18.2 Å². The number of aromatic nitrogens is 1. The molecule has 0 bridgehead atoms. The van der Waals surface area contributed by atoms with Gasteiger partial charge in [-0.25, -0.2) is 8.42 Å². The van der Waals surface area contributed by atoms with Gasteiger partial charge in [-0.2, -0.15) is 4.31 Å². The van der Waals surface area contributed by atoms with E-state index in [9.17, 15) is 13.2 Å². The molecule has 154 valence electrons. The third-order valence-corrected chi connectivity index (χ3v) is 7.64. The average molecular weight is 416 g/mol. The van der Waals surface area contributed by atoms with E-state index in [2.05, 4.69) is 11.1 Å². The summed E-state index contributed by atoms with van der Waals surface area (Å²) in [7, 11) is -1.39. The van der Waals surface area contributed by atoms with Crippen LogP contribution in [0, 0.1) is 0 Å². The van der Waals surface area contributed by atoms with Crippen molar-refractivity contribution < 1.29 is 17.9 Å². The van der Waals surface area contributed by atoms with Crippen molar-refractivity contribution in [1.29, 1.82) is 0 Å². The molecule has 4 rings (SSSR count). The van der Waals surface area contributed by atoms with E-state index in [0.29, 0.717) is 25.3 Å². The molecule has 0 radical (unpaired) electrons. The van der Waals surface area contributed by atoms with Crippen LogP contribution in [-0.4, -0.2) is 55.6 Å². The molecule has 29 heavy (non-hydrogen) atoms. The van der Waals surface area contributed by atoms with E-state index >= 15 is 0 Å². The number of rotatable bonds is 6. The zero-order chi connectivity index (χ0) is 20.6. The number of nitrogens with zero attached hydrogens (tertiary/aromatic N) is 3. The van der Waals surface area contributed by atoms with Crippen LogP contribution in [0.1, 0.15) is 25.3 Å². The molecule has 0 spiro atoms. The van der Waals surface area contributed by atoms with Gasteiger partial charge in [0.15, 0.2) is 0 Å². The van der Waals surface area contributed by atoms with Gasteiger partial charge in [0.2, 0.25) is 15.9 Å². The topological polar surface area (TPSA) is 79.8 Å². The van der Waals surface area contributed by atoms with Crippen molar-refractivity contribution in [3.63, 3.8) is 0 Å². The summed E-state index contributed by atoms with van der Waals surface area (Å²) in [5.41, 5.74) is 3.87. The average Bonchev–Trinajstić information content (AvgIpc) is 2.69. The quantitative estimate of drug-likeness (QED) is 0.724. The third-order valence-electron chi connectivity index (χ3n) is 5.72. The van der Waals surface area contributed by atoms with E-state index < -0.39 is 10.0 Å². The monoisotopic (exact) mass is 415 g/mol. The summed E-state index contributed by atoms with van der Waals surface area (Å²) in [4.78, 5) is 18.2. The molecular formula is C21H25N3O4S. The van der Waals surface area contributed by atoms with Crippen LogP contribution in [0.25, 0.3) is 11.1 Å². The maximum Gasteiger partial charge on any atom is 0.227 e. The van der Waals surface area contributed by atoms with Gasteiger partial charge in [-0.3, -0.25) is 9.78 Å². The Bertz CT molecular complexity index is 1040. The molecule has 1 aromatic heterocycles. The van der Waals surface area contributed by atoms with E-state index in [1.807, 2.05) is 18.2 Å². The second-order valence-electron chi connectivity index (χ2n) is 7.44. The number of carbonyl (C=O) groups excluding carboxylic acids is 1. The Balaban J connectivity index is 1.54. The number of anilines is 1. The van der Waals surface area contributed by atoms with Gasteiger partial charge >= 0.3 is 0 Å². The smallest absolute Gasteiger partial charge is 0.227 e. The maximum absolute atomic E-state index is 12.2. The SMILES string of the molecule is CCS(=O)(=O)N1CC[C@H]1COc1cncc(-c2cccc3c2N(C)C(=O)CC3)c1. The molecule has 0 N–H and O–H groups in total. The van der Waals surface area contributed by atoms with Crippen molar-refractivity contribution >= 4 is 21.6 Å². The largest absolute Gasteiger partial charge is 0.490 e. The number of amides is 1. The summed E-state index contributed by atoms with van der Waals surface area (Å²) >= 11 is 0. The number of carbonyl (C=O) groups is 1. The van der Waals surface area contributed by atoms with E-state index in [4.69, 9.17) is 4.74 Å². The number of sulfonamides is 1. The molecule has 7 nitrogen and oxygen atoms in total. The fourth-order valence-corrected chi connectivity index (χ4v) is 5.24. The molecule has 1 atom stereocenters. The molecule has 2 aliphatic heterocycles. The molecule has 0 unspecified atom stereocenters. The van der Waals surface area contributed by atoms with Gasteiger partial charge in [-0.15, -0.1) is 0 Å². The summed E-state index contributed by atoms with van der Waals surface area (Å²) in [5, 5.41) is 0. The van der Waals surface area contributed by atoms with Gasteiger partial charge < -0.3 is 9.64 Å². The van der Waals surface area contributed by atoms with Gasteiger partial charge in [0, 0.05) is 37.3 Å². The molecule has 3 heterocycles. The first-order valence-electron chi connectivity index (χ1n) is 9.87. The van der Waals surface area contributed by atoms with Gasteiger partial charge in [0.25, 0.3) is 0 Å². The number of hydrogen-bond acceptors (Lipinski definition) is 5. The molecule has 1 amide bonds. The Kier molecular flexibility index (Phi) is 5.31. The molecule has 1 fully saturated rings. The third kappa shape index (κ3) is 3.74. The normalized spacial score (nSPS) is 19.6. The minimum Gasteiger partial charge on any atom is -0.490 e. The Morgan fingerprint density at radius 2 is 2.07 bits per heavy atom. The van der Waals surface area contributed by atoms with Crippen molar-refractivity contribution in [3.8, 4) is 16.9 Å². The summed E-state index contributed by atoms with van der Waals surface area (Å²) < 4.78 is 31.5. The van der Waals surface area contributed by atoms with E-state index in [1.54, 1.807) is 31.3 Å². The summed E-state index contributed by atoms with van der Waals surface area (Å²) in [6.45, 7) is 2.51. The predicted octanol–water partition coefficient (Wildman–Crippen LogP) is 2.46. The number of aryl methyl sites for hydroxylation is 1. The number of pyridine rings is 1. The molecule has 1 saturated heterocycles. The van der Waals surface area contributed by atoms with E-state index in [1.165, 1.54) is 4.31 Å². The van der Waals surface area contributed by atoms with E-state index in [0.717, 1.165) is 35.2 Å². The Morgan fingerprint density at radius 1 is 1.24 bits per heavy atom. The predicted molar refractivity (Wildman–Crippen MR) is 111 cm³/mol. The lowest BCUT2D eigenvalue weighted by molar-refractivity contribution is -0.118. The van der Waals surface area contributed by atoms with Crippen LogP contribution in [0.3, 0.4) is 0 Å². The number of hydrogen-bond donors (Lipinski definition) is 0. The van der Waals surface area contributed by atoms with Crippen molar-refractivity contribution in [2.75, 3.05) is 30.9 Å². The van der Waals surface area contributed by atoms with E-state index in [-0.39, 0.29) is 17.7 Å². The molecule has 8 heteroatoms. The zero-order valence-electron chi connectivity index (χ0n) is 16.7. The minimum absolute atomic E-state index is 0.103. The van der Waals surface area contributed by atoms with Crippen molar-refractivity contribution in [3.05, 3.63) is 42.2 Å². The minimum atomic E-state index is -3.19. The van der Waals surface area contributed by atoms with Gasteiger partial charge in [-0.05, 0) is 31.4 Å². The highest BCUT2D eigenvalue weighted by Gasteiger charge is 2.36. The number of para-hydroxylation sites is 1. The Hall–Kier alpha value is -2.45. The number of ether oxygens (including phenoxy) is 1. The van der Waals surface area contributed by atoms with Crippen LogP contribution in [0.15, 0.2) is 36.7 Å². The van der Waals surface area contributed by atoms with Crippen molar-refractivity contribution in [2.24, 2.45) is 0 Å². The summed E-state index contributed by atoms with van der Waals surface area (Å²) in [5.74, 6) is 0.796. The fraction of sp³-hybridized carbons (Fsp3) is 0.429. The molecule has 2 aliphatic rings. The first kappa shape index (κ1) is 19.8. The van der Waals surface area contributed by atoms with Crippen LogP contribution in [0.5, 0.6) is 5.75 Å². The lowest BCUT2D eigenvalue weighted by atomic mass is 9.94. The molecule has 1 aromatic carbocycles. The van der Waals surface area contributed by atoms with Crippen molar-refractivity contribution in [2.45, 2.75) is 32.2 Å². The first-order valence-corrected chi connectivity index (χ1v) is 11.5. The first-order chi connectivity index (χ1) is 13.9. The molecule has 0 aliphatic carbocycles. The lowest BCUT2D eigenvalue weighted by Crippen LogP contribution is -2.54. The second kappa shape index (κ2) is 7.76. The molecule has 0 saturated carbocycles. The highest BCUT2D eigenvalue weighted by Crippen LogP contribution is 2.37. The van der Waals surface area contributed by atoms with Crippen LogP contribution in [0.2, 0.25) is 0 Å². The Morgan fingerprint density at radius 3 is 2.79 bits per heavy atom. The van der Waals surface area contributed by atoms with Crippen LogP contribution in [0.4, 0.5) is 5.69 Å². The highest BCUT2D eigenvalue weighted by molar-refractivity contribution is 7.89. The van der Waals surface area contributed by atoms with Gasteiger partial charge in [0.05, 0.1) is 23.7 Å². The zero-order valence-corrected chi connectivity index (χ0v) is 17.5. The van der Waals surface area contributed by atoms with Crippen molar-refractivity contribution in [1.82, 2.24) is 9.29 Å². The van der Waals surface area contributed by atoms with Crippen LogP contribution < -0.4 is 9.64 Å². The fourth-order valence-electron chi connectivity index (χ4n) is 3.91. The standard InChI is InChI=1S/C21H25N3O4S/c1-3-29(26,27)24-10-9-17(24)14-28-18-11-16(12-22-13-18)19-6-4-5-15-7-8-20(25)23(2)21(15)19/h4-6,11-13,17H,3,7-10,14H2,1-2H3/t17-/m0/s1. The number of benzene rings is 1. The van der Waals surface area contributed by atoms with Gasteiger partial charge in [0.1, 0.15) is 12.4 Å². The second-order valence-corrected chi connectivity index (χ2v) is 9.65. The number of fused-ring (bicyclic) bond motifs is 1. The molecular weight excluding hydrogens is 390 g/mol. The maximum atomic E-state index is 12.2. The lowest BCUT2D eigenvalue weighted by Gasteiger charge is -2.39. The Labute approximate surface area is 171 Å². The summed E-state index contributed by atoms with van der Waals surface area (Å²) in [6.07, 6.45) is 5.44.